The molecule has 0 aliphatic rings. The summed E-state index contributed by atoms with van der Waals surface area (Å²) in [5.41, 5.74) is 1.18. The van der Waals surface area contributed by atoms with Crippen molar-refractivity contribution in [1.29, 1.82) is 5.41 Å². The predicted octanol–water partition coefficient (Wildman–Crippen LogP) is 2.93. The van der Waals surface area contributed by atoms with Gasteiger partial charge in [0.15, 0.2) is 0 Å². The second-order valence-electron chi connectivity index (χ2n) is 2.18. The molecule has 0 saturated carbocycles. The number of benzene rings is 1. The van der Waals surface area contributed by atoms with E-state index in [0.717, 1.165) is 12.5 Å². The van der Waals surface area contributed by atoms with Gasteiger partial charge in [-0.05, 0) is 5.56 Å². The highest BCUT2D eigenvalue weighted by atomic mass is 35.5. The van der Waals surface area contributed by atoms with Crippen LogP contribution in [-0.4, -0.2) is 10.9 Å². The summed E-state index contributed by atoms with van der Waals surface area (Å²) >= 11 is 11.2. The first-order valence-electron chi connectivity index (χ1n) is 3.56. The molecule has 0 unspecified atom stereocenters. The Morgan fingerprint density at radius 1 is 1.31 bits per heavy atom. The van der Waals surface area contributed by atoms with Crippen molar-refractivity contribution in [3.8, 4) is 0 Å². The quantitative estimate of drug-likeness (QED) is 0.462. The number of halogens is 2. The van der Waals surface area contributed by atoms with Gasteiger partial charge in [0.25, 0.3) is 0 Å². The van der Waals surface area contributed by atoms with Crippen LogP contribution in [0, 0.1) is 5.41 Å². The molecule has 0 radical (unpaired) electrons. The molecule has 4 heteroatoms. The third-order valence-electron chi connectivity index (χ3n) is 1.23. The Bertz CT molecular complexity index is 256. The van der Waals surface area contributed by atoms with Gasteiger partial charge in [0.2, 0.25) is 6.08 Å². The van der Waals surface area contributed by atoms with Gasteiger partial charge < -0.3 is 0 Å². The minimum atomic E-state index is -0.289. The topological polar surface area (TPSA) is 40.9 Å². The van der Waals surface area contributed by atoms with E-state index < -0.39 is 0 Å². The van der Waals surface area contributed by atoms with Crippen molar-refractivity contribution in [3.63, 3.8) is 0 Å². The number of hydrogen-bond acceptors (Lipinski definition) is 2. The van der Waals surface area contributed by atoms with Gasteiger partial charge in [0, 0.05) is 6.42 Å². The monoisotopic (exact) mass is 217 g/mol. The highest BCUT2D eigenvalue weighted by Gasteiger charge is 1.98. The van der Waals surface area contributed by atoms with Crippen molar-refractivity contribution in [1.82, 2.24) is 0 Å². The second-order valence-corrected chi connectivity index (χ2v) is 3.46. The first kappa shape index (κ1) is 12.2. The molecule has 1 N–H and O–H groups in total. The Morgan fingerprint density at radius 2 is 1.77 bits per heavy atom. The van der Waals surface area contributed by atoms with Crippen LogP contribution in [0.25, 0.3) is 0 Å². The van der Waals surface area contributed by atoms with Crippen molar-refractivity contribution in [2.24, 2.45) is 0 Å². The lowest BCUT2D eigenvalue weighted by Gasteiger charge is -1.98. The molecule has 0 heterocycles. The molecule has 0 atom stereocenters. The maximum absolute atomic E-state index is 8.35. The summed E-state index contributed by atoms with van der Waals surface area (Å²) in [4.78, 5) is 8.06. The summed E-state index contributed by atoms with van der Waals surface area (Å²) in [6.45, 7) is 0. The van der Waals surface area contributed by atoms with E-state index in [1.165, 1.54) is 5.56 Å². The zero-order valence-corrected chi connectivity index (χ0v) is 8.35. The molecule has 70 valence electrons. The molecule has 1 aromatic carbocycles. The Labute approximate surface area is 87.0 Å². The van der Waals surface area contributed by atoms with Crippen LogP contribution in [0.1, 0.15) is 5.56 Å². The minimum Gasteiger partial charge on any atom is -0.222 e. The molecule has 1 aromatic rings. The molecule has 0 amide bonds. The lowest BCUT2D eigenvalue weighted by atomic mass is 10.2. The van der Waals surface area contributed by atoms with Gasteiger partial charge in [-0.25, -0.2) is 10.2 Å². The van der Waals surface area contributed by atoms with E-state index in [4.69, 9.17) is 33.4 Å². The van der Waals surface area contributed by atoms with Gasteiger partial charge >= 0.3 is 0 Å². The highest BCUT2D eigenvalue weighted by Crippen LogP contribution is 2.10. The van der Waals surface area contributed by atoms with Crippen molar-refractivity contribution in [3.05, 3.63) is 35.9 Å². The van der Waals surface area contributed by atoms with Crippen LogP contribution in [0.3, 0.4) is 0 Å². The van der Waals surface area contributed by atoms with Crippen LogP contribution < -0.4 is 0 Å². The van der Waals surface area contributed by atoms with Gasteiger partial charge in [-0.2, -0.15) is 0 Å². The summed E-state index contributed by atoms with van der Waals surface area (Å²) in [5, 5.41) is 5.40. The number of nitrogens with one attached hydrogen (secondary N) is 1. The van der Waals surface area contributed by atoms with E-state index in [1.54, 1.807) is 0 Å². The zero-order valence-electron chi connectivity index (χ0n) is 6.84. The van der Waals surface area contributed by atoms with Crippen molar-refractivity contribution in [2.45, 2.75) is 11.3 Å². The molecule has 0 aliphatic carbocycles. The Balaban J connectivity index is 0.000000424. The molecular formula is C9H9Cl2NO. The van der Waals surface area contributed by atoms with E-state index in [1.807, 2.05) is 30.3 Å². The maximum Gasteiger partial charge on any atom is 0.231 e. The molecule has 0 bridgehead atoms. The van der Waals surface area contributed by atoms with Gasteiger partial charge in [-0.3, -0.25) is 0 Å². The first-order chi connectivity index (χ1) is 6.20. The largest absolute Gasteiger partial charge is 0.231 e. The third-order valence-corrected chi connectivity index (χ3v) is 1.54. The normalized spacial score (nSPS) is 8.54. The summed E-state index contributed by atoms with van der Waals surface area (Å²) in [7, 11) is 0. The van der Waals surface area contributed by atoms with Gasteiger partial charge in [0.1, 0.15) is 4.84 Å². The molecule has 2 nitrogen and oxygen atoms in total. The van der Waals surface area contributed by atoms with E-state index in [9.17, 15) is 0 Å². The average Bonchev–Trinajstić information content (AvgIpc) is 2.06. The number of isocyanates is 1. The third kappa shape index (κ3) is 7.54. The van der Waals surface area contributed by atoms with E-state index >= 15 is 0 Å². The average molecular weight is 218 g/mol. The van der Waals surface area contributed by atoms with E-state index in [0.29, 0.717) is 0 Å². The maximum atomic E-state index is 8.35. The molecule has 0 spiro atoms. The SMILES string of the molecule is ClC(Cl)Cc1ccccc1.N=C=O. The lowest BCUT2D eigenvalue weighted by Crippen LogP contribution is -1.92. The summed E-state index contributed by atoms with van der Waals surface area (Å²) in [6.07, 6.45) is 1.48. The van der Waals surface area contributed by atoms with Crippen LogP contribution in [0.4, 0.5) is 0 Å². The second kappa shape index (κ2) is 7.81. The summed E-state index contributed by atoms with van der Waals surface area (Å²) in [5.74, 6) is 0. The predicted molar refractivity (Wildman–Crippen MR) is 54.1 cm³/mol. The lowest BCUT2D eigenvalue weighted by molar-refractivity contribution is 0.563. The number of hydrogen-bond donors (Lipinski definition) is 1. The molecule has 0 fully saturated rings. The number of carbonyl (C=O) groups excluding carboxylic acids is 1. The van der Waals surface area contributed by atoms with Crippen LogP contribution in [-0.2, 0) is 11.2 Å². The molecule has 0 aromatic heterocycles. The van der Waals surface area contributed by atoms with Gasteiger partial charge in [-0.15, -0.1) is 23.2 Å². The van der Waals surface area contributed by atoms with Crippen molar-refractivity contribution >= 4 is 29.3 Å². The zero-order chi connectivity index (χ0) is 10.1. The van der Waals surface area contributed by atoms with Gasteiger partial charge in [0.05, 0.1) is 0 Å². The fourth-order valence-electron chi connectivity index (χ4n) is 0.792. The molecule has 0 saturated heterocycles. The van der Waals surface area contributed by atoms with Crippen molar-refractivity contribution in [2.75, 3.05) is 0 Å². The smallest absolute Gasteiger partial charge is 0.222 e. The molecule has 1 rings (SSSR count). The van der Waals surface area contributed by atoms with Crippen LogP contribution >= 0.6 is 23.2 Å². The fourth-order valence-corrected chi connectivity index (χ4v) is 1.15. The Kier molecular flexibility index (Phi) is 7.32. The molecular weight excluding hydrogens is 209 g/mol. The van der Waals surface area contributed by atoms with E-state index in [-0.39, 0.29) is 4.84 Å². The standard InChI is InChI=1S/C8H8Cl2.CHNO/c9-8(10)6-7-4-2-1-3-5-7;2-1-3/h1-5,8H,6H2;2H. The van der Waals surface area contributed by atoms with Crippen LogP contribution in [0.2, 0.25) is 0 Å². The van der Waals surface area contributed by atoms with Crippen LogP contribution in [0.15, 0.2) is 30.3 Å². The number of rotatable bonds is 2. The van der Waals surface area contributed by atoms with Crippen LogP contribution in [0.5, 0.6) is 0 Å². The minimum absolute atomic E-state index is 0.289. The Morgan fingerprint density at radius 3 is 2.15 bits per heavy atom. The van der Waals surface area contributed by atoms with Crippen molar-refractivity contribution < 1.29 is 4.79 Å². The van der Waals surface area contributed by atoms with Gasteiger partial charge in [-0.1, -0.05) is 30.3 Å². The Hall–Kier alpha value is -0.820. The number of alkyl halides is 2. The summed E-state index contributed by atoms with van der Waals surface area (Å²) < 4.78 is 0. The molecule has 13 heavy (non-hydrogen) atoms. The summed E-state index contributed by atoms with van der Waals surface area (Å²) in [6, 6.07) is 9.95. The molecule has 0 aliphatic heterocycles. The van der Waals surface area contributed by atoms with E-state index in [2.05, 4.69) is 0 Å². The fraction of sp³-hybridized carbons (Fsp3) is 0.222. The highest BCUT2D eigenvalue weighted by molar-refractivity contribution is 6.44. The first-order valence-corrected chi connectivity index (χ1v) is 4.44.